The number of carbonyl (C=O) groups excluding carboxylic acids is 1. The van der Waals surface area contributed by atoms with Gasteiger partial charge in [-0.25, -0.2) is 0 Å². The number of nitrogens with one attached hydrogen (secondary N) is 1. The lowest BCUT2D eigenvalue weighted by Gasteiger charge is -2.14. The number of pyridine rings is 1. The summed E-state index contributed by atoms with van der Waals surface area (Å²) in [6, 6.07) is 12.7. The van der Waals surface area contributed by atoms with E-state index in [1.54, 1.807) is 24.5 Å². The number of benzene rings is 1. The van der Waals surface area contributed by atoms with Crippen molar-refractivity contribution >= 4 is 5.91 Å². The number of hydrogen-bond donors (Lipinski definition) is 2. The minimum atomic E-state index is -0.521. The van der Waals surface area contributed by atoms with Crippen molar-refractivity contribution in [2.24, 2.45) is 0 Å². The molecule has 24 heavy (non-hydrogen) atoms. The van der Waals surface area contributed by atoms with Crippen LogP contribution in [0.3, 0.4) is 0 Å². The van der Waals surface area contributed by atoms with Crippen molar-refractivity contribution in [2.45, 2.75) is 12.5 Å². The number of rotatable bonds is 6. The van der Waals surface area contributed by atoms with Crippen molar-refractivity contribution in [2.75, 3.05) is 6.61 Å². The van der Waals surface area contributed by atoms with Gasteiger partial charge in [0.15, 0.2) is 0 Å². The van der Waals surface area contributed by atoms with Crippen molar-refractivity contribution in [3.8, 4) is 11.4 Å². The fourth-order valence-corrected chi connectivity index (χ4v) is 2.23. The van der Waals surface area contributed by atoms with E-state index >= 15 is 0 Å². The molecule has 0 saturated heterocycles. The second kappa shape index (κ2) is 7.47. The number of carbonyl (C=O) groups is 1. The highest BCUT2D eigenvalue weighted by Gasteiger charge is 2.19. The Morgan fingerprint density at radius 1 is 1.21 bits per heavy atom. The number of aliphatic hydroxyl groups is 1. The van der Waals surface area contributed by atoms with Crippen LogP contribution in [0.2, 0.25) is 0 Å². The summed E-state index contributed by atoms with van der Waals surface area (Å²) in [4.78, 5) is 20.2. The fourth-order valence-electron chi connectivity index (χ4n) is 2.23. The fraction of sp³-hybridized carbons (Fsp3) is 0.176. The smallest absolute Gasteiger partial charge is 0.316 e. The normalized spacial score (nSPS) is 11.9. The molecule has 2 aromatic heterocycles. The van der Waals surface area contributed by atoms with Crippen LogP contribution < -0.4 is 5.32 Å². The molecule has 0 aliphatic carbocycles. The standard InChI is InChI=1S/C17H16N4O3/c22-11-14(9-12-5-2-1-3-6-12)19-16(23)17-20-15(21-24-17)13-7-4-8-18-10-13/h1-8,10,14,22H,9,11H2,(H,19,23). The second-order valence-corrected chi connectivity index (χ2v) is 5.21. The van der Waals surface area contributed by atoms with E-state index in [0.29, 0.717) is 12.0 Å². The van der Waals surface area contributed by atoms with Gasteiger partial charge in [-0.1, -0.05) is 35.5 Å². The molecule has 2 heterocycles. The molecule has 1 atom stereocenters. The monoisotopic (exact) mass is 324 g/mol. The van der Waals surface area contributed by atoms with Gasteiger partial charge in [-0.15, -0.1) is 0 Å². The van der Waals surface area contributed by atoms with E-state index in [1.807, 2.05) is 30.3 Å². The summed E-state index contributed by atoms with van der Waals surface area (Å²) in [7, 11) is 0. The zero-order valence-corrected chi connectivity index (χ0v) is 12.8. The molecule has 0 bridgehead atoms. The highest BCUT2D eigenvalue weighted by Crippen LogP contribution is 2.13. The predicted molar refractivity (Wildman–Crippen MR) is 86.0 cm³/mol. The van der Waals surface area contributed by atoms with Gasteiger partial charge in [0, 0.05) is 18.0 Å². The van der Waals surface area contributed by atoms with Crippen LogP contribution in [0.1, 0.15) is 16.2 Å². The molecule has 7 heteroatoms. The molecular formula is C17H16N4O3. The summed E-state index contributed by atoms with van der Waals surface area (Å²) < 4.78 is 4.99. The Hall–Kier alpha value is -3.06. The van der Waals surface area contributed by atoms with Crippen molar-refractivity contribution < 1.29 is 14.4 Å². The first-order valence-corrected chi connectivity index (χ1v) is 7.46. The summed E-state index contributed by atoms with van der Waals surface area (Å²) in [5.74, 6) is -0.384. The molecule has 122 valence electrons. The van der Waals surface area contributed by atoms with Gasteiger partial charge in [-0.3, -0.25) is 9.78 Å². The third-order valence-electron chi connectivity index (χ3n) is 3.42. The van der Waals surface area contributed by atoms with Gasteiger partial charge in [-0.2, -0.15) is 4.98 Å². The number of amides is 1. The zero-order valence-electron chi connectivity index (χ0n) is 12.8. The predicted octanol–water partition coefficient (Wildman–Crippen LogP) is 1.46. The average molecular weight is 324 g/mol. The lowest BCUT2D eigenvalue weighted by molar-refractivity contribution is 0.0872. The summed E-state index contributed by atoms with van der Waals surface area (Å²) in [6.45, 7) is -0.190. The molecule has 0 aliphatic heterocycles. The molecule has 1 amide bonds. The van der Waals surface area contributed by atoms with Gasteiger partial charge in [-0.05, 0) is 24.1 Å². The molecule has 0 fully saturated rings. The largest absolute Gasteiger partial charge is 0.394 e. The summed E-state index contributed by atoms with van der Waals surface area (Å²) in [6.07, 6.45) is 3.72. The first kappa shape index (κ1) is 15.8. The Morgan fingerprint density at radius 2 is 2.04 bits per heavy atom. The zero-order chi connectivity index (χ0) is 16.8. The lowest BCUT2D eigenvalue weighted by Crippen LogP contribution is -2.39. The number of hydrogen-bond acceptors (Lipinski definition) is 6. The van der Waals surface area contributed by atoms with Crippen LogP contribution in [0.5, 0.6) is 0 Å². The third kappa shape index (κ3) is 3.82. The van der Waals surface area contributed by atoms with Crippen LogP contribution >= 0.6 is 0 Å². The van der Waals surface area contributed by atoms with Crippen molar-refractivity contribution in [3.05, 3.63) is 66.3 Å². The van der Waals surface area contributed by atoms with Gasteiger partial charge in [0.1, 0.15) is 0 Å². The summed E-state index contributed by atoms with van der Waals surface area (Å²) in [5.41, 5.74) is 1.67. The molecular weight excluding hydrogens is 308 g/mol. The van der Waals surface area contributed by atoms with Gasteiger partial charge < -0.3 is 14.9 Å². The lowest BCUT2D eigenvalue weighted by atomic mass is 10.1. The Kier molecular flexibility index (Phi) is 4.93. The number of aliphatic hydroxyl groups excluding tert-OH is 1. The van der Waals surface area contributed by atoms with Gasteiger partial charge in [0.25, 0.3) is 0 Å². The molecule has 0 aliphatic rings. The quantitative estimate of drug-likeness (QED) is 0.712. The van der Waals surface area contributed by atoms with Crippen LogP contribution in [0, 0.1) is 0 Å². The van der Waals surface area contributed by atoms with Gasteiger partial charge in [0.05, 0.1) is 12.6 Å². The molecule has 0 saturated carbocycles. The van der Waals surface area contributed by atoms with E-state index < -0.39 is 11.9 Å². The molecule has 0 spiro atoms. The van der Waals surface area contributed by atoms with Crippen LogP contribution in [0.4, 0.5) is 0 Å². The van der Waals surface area contributed by atoms with Crippen molar-refractivity contribution in [1.82, 2.24) is 20.4 Å². The van der Waals surface area contributed by atoms with Crippen molar-refractivity contribution in [1.29, 1.82) is 0 Å². The number of nitrogens with zero attached hydrogens (tertiary/aromatic N) is 3. The minimum Gasteiger partial charge on any atom is -0.394 e. The Balaban J connectivity index is 1.67. The molecule has 7 nitrogen and oxygen atoms in total. The van der Waals surface area contributed by atoms with E-state index in [2.05, 4.69) is 20.4 Å². The maximum Gasteiger partial charge on any atom is 0.316 e. The van der Waals surface area contributed by atoms with E-state index in [-0.39, 0.29) is 18.3 Å². The van der Waals surface area contributed by atoms with Gasteiger partial charge >= 0.3 is 11.8 Å². The molecule has 1 aromatic carbocycles. The van der Waals surface area contributed by atoms with Crippen LogP contribution in [-0.2, 0) is 6.42 Å². The summed E-state index contributed by atoms with van der Waals surface area (Å²) in [5, 5.41) is 15.9. The summed E-state index contributed by atoms with van der Waals surface area (Å²) >= 11 is 0. The topological polar surface area (TPSA) is 101 Å². The molecule has 2 N–H and O–H groups in total. The van der Waals surface area contributed by atoms with E-state index in [4.69, 9.17) is 4.52 Å². The third-order valence-corrected chi connectivity index (χ3v) is 3.42. The minimum absolute atomic E-state index is 0.152. The highest BCUT2D eigenvalue weighted by atomic mass is 16.5. The van der Waals surface area contributed by atoms with Gasteiger partial charge in [0.2, 0.25) is 5.82 Å². The SMILES string of the molecule is O=C(NC(CO)Cc1ccccc1)c1nc(-c2cccnc2)no1. The Morgan fingerprint density at radius 3 is 2.75 bits per heavy atom. The molecule has 3 rings (SSSR count). The van der Waals surface area contributed by atoms with Crippen LogP contribution in [-0.4, -0.2) is 38.8 Å². The first-order valence-electron chi connectivity index (χ1n) is 7.46. The van der Waals surface area contributed by atoms with E-state index in [0.717, 1.165) is 5.56 Å². The van der Waals surface area contributed by atoms with E-state index in [1.165, 1.54) is 0 Å². The van der Waals surface area contributed by atoms with Crippen molar-refractivity contribution in [3.63, 3.8) is 0 Å². The van der Waals surface area contributed by atoms with Crippen LogP contribution in [0.15, 0.2) is 59.4 Å². The molecule has 1 unspecified atom stereocenters. The number of aromatic nitrogens is 3. The Labute approximate surface area is 138 Å². The second-order valence-electron chi connectivity index (χ2n) is 5.21. The molecule has 3 aromatic rings. The maximum absolute atomic E-state index is 12.2. The van der Waals surface area contributed by atoms with E-state index in [9.17, 15) is 9.90 Å². The van der Waals surface area contributed by atoms with Crippen LogP contribution in [0.25, 0.3) is 11.4 Å². The first-order chi connectivity index (χ1) is 11.8. The average Bonchev–Trinajstić information content (AvgIpc) is 3.13. The maximum atomic E-state index is 12.2. The Bertz CT molecular complexity index is 790. The molecule has 0 radical (unpaired) electrons. The highest BCUT2D eigenvalue weighted by molar-refractivity contribution is 5.90.